The Hall–Kier alpha value is -0.820. The lowest BCUT2D eigenvalue weighted by Crippen LogP contribution is -2.29. The lowest BCUT2D eigenvalue weighted by Gasteiger charge is -2.10. The molecule has 0 fully saturated rings. The minimum atomic E-state index is -3.54. The summed E-state index contributed by atoms with van der Waals surface area (Å²) in [5, 5.41) is 0. The zero-order valence-electron chi connectivity index (χ0n) is 9.76. The molecule has 0 atom stereocenters. The van der Waals surface area contributed by atoms with Crippen LogP contribution in [0, 0.1) is 6.92 Å². The van der Waals surface area contributed by atoms with E-state index in [9.17, 15) is 8.42 Å². The highest BCUT2D eigenvalue weighted by Crippen LogP contribution is 2.24. The molecule has 0 radical (unpaired) electrons. The van der Waals surface area contributed by atoms with Gasteiger partial charge in [0.15, 0.2) is 0 Å². The van der Waals surface area contributed by atoms with E-state index in [0.29, 0.717) is 5.75 Å². The number of hydrogen-bond acceptors (Lipinski definition) is 4. The standard InChI is InChI=1S/C10H16N2O3S.ClH/c1-8-3-4-9(15-2)10(7-8)16(13,14)12-6-5-11;/h3-4,7,12H,5-6,11H2,1-2H3;1H. The number of nitrogens with one attached hydrogen (secondary N) is 1. The molecule has 17 heavy (non-hydrogen) atoms. The molecule has 0 saturated heterocycles. The molecule has 0 aliphatic rings. The van der Waals surface area contributed by atoms with Gasteiger partial charge in [0.1, 0.15) is 10.6 Å². The minimum absolute atomic E-state index is 0. The second kappa shape index (κ2) is 6.80. The topological polar surface area (TPSA) is 81.4 Å². The first-order valence-electron chi connectivity index (χ1n) is 4.85. The highest BCUT2D eigenvalue weighted by atomic mass is 35.5. The zero-order chi connectivity index (χ0) is 12.2. The molecule has 98 valence electrons. The van der Waals surface area contributed by atoms with E-state index < -0.39 is 10.0 Å². The van der Waals surface area contributed by atoms with Gasteiger partial charge in [-0.05, 0) is 24.6 Å². The molecule has 0 heterocycles. The van der Waals surface area contributed by atoms with Gasteiger partial charge in [0.2, 0.25) is 10.0 Å². The molecule has 0 amide bonds. The lowest BCUT2D eigenvalue weighted by molar-refractivity contribution is 0.402. The zero-order valence-corrected chi connectivity index (χ0v) is 11.4. The summed E-state index contributed by atoms with van der Waals surface area (Å²) in [7, 11) is -2.11. The number of methoxy groups -OCH3 is 1. The fraction of sp³-hybridized carbons (Fsp3) is 0.400. The Balaban J connectivity index is 0.00000256. The molecule has 0 aliphatic heterocycles. The maximum atomic E-state index is 11.9. The van der Waals surface area contributed by atoms with Crippen molar-refractivity contribution in [2.75, 3.05) is 20.2 Å². The fourth-order valence-electron chi connectivity index (χ4n) is 1.26. The van der Waals surface area contributed by atoms with Gasteiger partial charge in [0, 0.05) is 13.1 Å². The monoisotopic (exact) mass is 280 g/mol. The van der Waals surface area contributed by atoms with Crippen molar-refractivity contribution in [3.63, 3.8) is 0 Å². The van der Waals surface area contributed by atoms with Crippen LogP contribution in [0.4, 0.5) is 0 Å². The average molecular weight is 281 g/mol. The molecule has 0 aliphatic carbocycles. The predicted molar refractivity (Wildman–Crippen MR) is 69.2 cm³/mol. The molecule has 5 nitrogen and oxygen atoms in total. The van der Waals surface area contributed by atoms with Crippen LogP contribution in [0.1, 0.15) is 5.56 Å². The average Bonchev–Trinajstić information content (AvgIpc) is 2.26. The fourth-order valence-corrected chi connectivity index (χ4v) is 2.56. The van der Waals surface area contributed by atoms with Crippen LogP contribution in [-0.2, 0) is 10.0 Å². The predicted octanol–water partition coefficient (Wildman–Crippen LogP) is 0.662. The van der Waals surface area contributed by atoms with Crippen molar-refractivity contribution >= 4 is 22.4 Å². The third-order valence-electron chi connectivity index (χ3n) is 2.05. The minimum Gasteiger partial charge on any atom is -0.495 e. The van der Waals surface area contributed by atoms with E-state index >= 15 is 0 Å². The van der Waals surface area contributed by atoms with Gasteiger partial charge >= 0.3 is 0 Å². The summed E-state index contributed by atoms with van der Waals surface area (Å²) in [6.07, 6.45) is 0. The summed E-state index contributed by atoms with van der Waals surface area (Å²) in [6.45, 7) is 2.29. The Morgan fingerprint density at radius 1 is 1.41 bits per heavy atom. The lowest BCUT2D eigenvalue weighted by atomic mass is 10.2. The Kier molecular flexibility index (Phi) is 6.48. The number of halogens is 1. The number of ether oxygens (including phenoxy) is 1. The maximum Gasteiger partial charge on any atom is 0.244 e. The first-order valence-corrected chi connectivity index (χ1v) is 6.34. The normalized spacial score (nSPS) is 10.8. The molecule has 1 rings (SSSR count). The van der Waals surface area contributed by atoms with Crippen LogP contribution in [-0.4, -0.2) is 28.6 Å². The van der Waals surface area contributed by atoms with Crippen LogP contribution in [0.25, 0.3) is 0 Å². The Labute approximate surface area is 108 Å². The number of hydrogen-bond donors (Lipinski definition) is 2. The van der Waals surface area contributed by atoms with E-state index in [1.54, 1.807) is 18.2 Å². The van der Waals surface area contributed by atoms with Gasteiger partial charge in [0.25, 0.3) is 0 Å². The molecule has 7 heteroatoms. The SMILES string of the molecule is COc1ccc(C)cc1S(=O)(=O)NCCN.Cl. The number of sulfonamides is 1. The molecule has 1 aromatic rings. The van der Waals surface area contributed by atoms with Crippen molar-refractivity contribution < 1.29 is 13.2 Å². The third kappa shape index (κ3) is 4.16. The molecular weight excluding hydrogens is 264 g/mol. The summed E-state index contributed by atoms with van der Waals surface area (Å²) in [5.41, 5.74) is 6.11. The van der Waals surface area contributed by atoms with Crippen LogP contribution in [0.2, 0.25) is 0 Å². The smallest absolute Gasteiger partial charge is 0.244 e. The van der Waals surface area contributed by atoms with E-state index in [4.69, 9.17) is 10.5 Å². The Morgan fingerprint density at radius 3 is 2.59 bits per heavy atom. The summed E-state index contributed by atoms with van der Waals surface area (Å²) >= 11 is 0. The highest BCUT2D eigenvalue weighted by molar-refractivity contribution is 7.89. The molecule has 0 spiro atoms. The van der Waals surface area contributed by atoms with Crippen LogP contribution in [0.5, 0.6) is 5.75 Å². The molecule has 0 bridgehead atoms. The van der Waals surface area contributed by atoms with E-state index in [1.165, 1.54) is 7.11 Å². The number of benzene rings is 1. The number of aryl methyl sites for hydroxylation is 1. The van der Waals surface area contributed by atoms with Gasteiger partial charge in [-0.3, -0.25) is 0 Å². The Morgan fingerprint density at radius 2 is 2.06 bits per heavy atom. The summed E-state index contributed by atoms with van der Waals surface area (Å²) in [5.74, 6) is 0.329. The van der Waals surface area contributed by atoms with Gasteiger partial charge in [-0.1, -0.05) is 6.07 Å². The second-order valence-corrected chi connectivity index (χ2v) is 5.08. The molecule has 3 N–H and O–H groups in total. The van der Waals surface area contributed by atoms with Crippen LogP contribution >= 0.6 is 12.4 Å². The van der Waals surface area contributed by atoms with E-state index in [1.807, 2.05) is 6.92 Å². The molecule has 0 saturated carbocycles. The second-order valence-electron chi connectivity index (χ2n) is 3.34. The van der Waals surface area contributed by atoms with Crippen molar-refractivity contribution in [1.29, 1.82) is 0 Å². The summed E-state index contributed by atoms with van der Waals surface area (Å²) in [6, 6.07) is 4.99. The first kappa shape index (κ1) is 16.2. The van der Waals surface area contributed by atoms with Crippen molar-refractivity contribution in [2.24, 2.45) is 5.73 Å². The van der Waals surface area contributed by atoms with E-state index in [-0.39, 0.29) is 30.4 Å². The number of nitrogens with two attached hydrogens (primary N) is 1. The van der Waals surface area contributed by atoms with Gasteiger partial charge in [-0.2, -0.15) is 0 Å². The van der Waals surface area contributed by atoms with E-state index in [2.05, 4.69) is 4.72 Å². The van der Waals surface area contributed by atoms with Crippen LogP contribution in [0.15, 0.2) is 23.1 Å². The highest BCUT2D eigenvalue weighted by Gasteiger charge is 2.18. The number of rotatable bonds is 5. The molecular formula is C10H17ClN2O3S. The van der Waals surface area contributed by atoms with Crippen molar-refractivity contribution in [3.05, 3.63) is 23.8 Å². The van der Waals surface area contributed by atoms with Crippen LogP contribution < -0.4 is 15.2 Å². The maximum absolute atomic E-state index is 11.9. The van der Waals surface area contributed by atoms with E-state index in [0.717, 1.165) is 5.56 Å². The molecule has 0 aromatic heterocycles. The molecule has 0 unspecified atom stereocenters. The first-order chi connectivity index (χ1) is 7.51. The van der Waals surface area contributed by atoms with Crippen molar-refractivity contribution in [3.8, 4) is 5.75 Å². The summed E-state index contributed by atoms with van der Waals surface area (Å²) < 4.78 is 31.2. The molecule has 1 aromatic carbocycles. The van der Waals surface area contributed by atoms with Gasteiger partial charge < -0.3 is 10.5 Å². The van der Waals surface area contributed by atoms with Gasteiger partial charge in [-0.15, -0.1) is 12.4 Å². The third-order valence-corrected chi connectivity index (χ3v) is 3.53. The quantitative estimate of drug-likeness (QED) is 0.830. The van der Waals surface area contributed by atoms with Crippen molar-refractivity contribution in [1.82, 2.24) is 4.72 Å². The largest absolute Gasteiger partial charge is 0.495 e. The van der Waals surface area contributed by atoms with Crippen LogP contribution in [0.3, 0.4) is 0 Å². The van der Waals surface area contributed by atoms with Gasteiger partial charge in [0.05, 0.1) is 7.11 Å². The summed E-state index contributed by atoms with van der Waals surface area (Å²) in [4.78, 5) is 0.142. The van der Waals surface area contributed by atoms with Crippen molar-refractivity contribution in [2.45, 2.75) is 11.8 Å². The Bertz CT molecular complexity index is 463. The van der Waals surface area contributed by atoms with Gasteiger partial charge in [-0.25, -0.2) is 13.1 Å².